The average molecular weight is 190 g/mol. The van der Waals surface area contributed by atoms with Crippen molar-refractivity contribution in [2.45, 2.75) is 20.4 Å². The number of carbonyl (C=O) groups excluding carboxylic acids is 1. The first kappa shape index (κ1) is 11.0. The molecule has 0 spiro atoms. The first-order chi connectivity index (χ1) is 5.15. The molecule has 0 radical (unpaired) electrons. The van der Waals surface area contributed by atoms with Crippen molar-refractivity contribution >= 4 is 18.3 Å². The predicted octanol–water partition coefficient (Wildman–Crippen LogP) is 0.732. The number of hydrogen-bond acceptors (Lipinski definition) is 2. The summed E-state index contributed by atoms with van der Waals surface area (Å²) in [5, 5.41) is 4.07. The Morgan fingerprint density at radius 3 is 2.67 bits per heavy atom. The summed E-state index contributed by atoms with van der Waals surface area (Å²) >= 11 is 0. The highest BCUT2D eigenvalue weighted by Gasteiger charge is 2.07. The highest BCUT2D eigenvalue weighted by Crippen LogP contribution is 2.01. The van der Waals surface area contributed by atoms with Gasteiger partial charge in [-0.25, -0.2) is 0 Å². The minimum atomic E-state index is -0.424. The molecule has 1 heterocycles. The Balaban J connectivity index is 0.00000121. The molecule has 4 nitrogen and oxygen atoms in total. The Labute approximate surface area is 77.2 Å². The number of amides is 1. The van der Waals surface area contributed by atoms with E-state index in [1.807, 2.05) is 13.8 Å². The highest BCUT2D eigenvalue weighted by molar-refractivity contribution is 5.91. The van der Waals surface area contributed by atoms with E-state index in [0.717, 1.165) is 5.69 Å². The van der Waals surface area contributed by atoms with Crippen LogP contribution in [0.3, 0.4) is 0 Å². The molecule has 0 saturated carbocycles. The smallest absolute Gasteiger partial charge is 0.266 e. The van der Waals surface area contributed by atoms with E-state index in [2.05, 4.69) is 5.10 Å². The Morgan fingerprint density at radius 1 is 1.75 bits per heavy atom. The van der Waals surface area contributed by atoms with E-state index in [1.54, 1.807) is 10.7 Å². The summed E-state index contributed by atoms with van der Waals surface area (Å²) in [6.45, 7) is 4.42. The van der Waals surface area contributed by atoms with E-state index in [9.17, 15) is 4.79 Å². The van der Waals surface area contributed by atoms with Crippen LogP contribution in [0.25, 0.3) is 0 Å². The van der Waals surface area contributed by atoms with Gasteiger partial charge in [0.1, 0.15) is 5.69 Å². The van der Waals surface area contributed by atoms with Gasteiger partial charge in [0.2, 0.25) is 0 Å². The van der Waals surface area contributed by atoms with Gasteiger partial charge in [-0.3, -0.25) is 9.48 Å². The van der Waals surface area contributed by atoms with Crippen molar-refractivity contribution in [3.05, 3.63) is 17.5 Å². The average Bonchev–Trinajstić information content (AvgIpc) is 2.30. The third-order valence-electron chi connectivity index (χ3n) is 1.45. The lowest BCUT2D eigenvalue weighted by Gasteiger charge is -1.97. The van der Waals surface area contributed by atoms with Crippen molar-refractivity contribution in [3.8, 4) is 0 Å². The van der Waals surface area contributed by atoms with Gasteiger partial charge >= 0.3 is 0 Å². The topological polar surface area (TPSA) is 60.9 Å². The second-order valence-corrected chi connectivity index (χ2v) is 2.35. The number of rotatable bonds is 2. The molecule has 0 fully saturated rings. The molecule has 0 aliphatic rings. The second-order valence-electron chi connectivity index (χ2n) is 2.35. The maximum absolute atomic E-state index is 10.8. The molecule has 0 aliphatic heterocycles. The van der Waals surface area contributed by atoms with Gasteiger partial charge in [0.05, 0.1) is 5.69 Å². The summed E-state index contributed by atoms with van der Waals surface area (Å²) in [4.78, 5) is 10.8. The second kappa shape index (κ2) is 4.11. The Bertz CT molecular complexity index is 282. The van der Waals surface area contributed by atoms with Gasteiger partial charge in [-0.05, 0) is 19.9 Å². The van der Waals surface area contributed by atoms with Crippen LogP contribution in [0.5, 0.6) is 0 Å². The minimum absolute atomic E-state index is 0. The van der Waals surface area contributed by atoms with Crippen molar-refractivity contribution in [3.63, 3.8) is 0 Å². The molecule has 1 amide bonds. The molecule has 0 aliphatic carbocycles. The lowest BCUT2D eigenvalue weighted by Crippen LogP contribution is -2.16. The zero-order valence-electron chi connectivity index (χ0n) is 7.07. The van der Waals surface area contributed by atoms with Crippen LogP contribution >= 0.6 is 12.4 Å². The van der Waals surface area contributed by atoms with Crippen LogP contribution in [-0.4, -0.2) is 15.7 Å². The molecule has 0 unspecified atom stereocenters. The number of nitrogens with zero attached hydrogens (tertiary/aromatic N) is 2. The van der Waals surface area contributed by atoms with Crippen LogP contribution in [0.15, 0.2) is 6.07 Å². The number of hydrogen-bond donors (Lipinski definition) is 1. The van der Waals surface area contributed by atoms with Crippen molar-refractivity contribution in [1.29, 1.82) is 0 Å². The quantitative estimate of drug-likeness (QED) is 0.746. The van der Waals surface area contributed by atoms with Crippen LogP contribution in [0.2, 0.25) is 0 Å². The molecule has 1 aromatic rings. The Hall–Kier alpha value is -1.03. The van der Waals surface area contributed by atoms with E-state index in [4.69, 9.17) is 5.73 Å². The summed E-state index contributed by atoms with van der Waals surface area (Å²) in [5.74, 6) is -0.424. The van der Waals surface area contributed by atoms with Gasteiger partial charge in [-0.2, -0.15) is 5.10 Å². The molecule has 0 saturated heterocycles. The number of halogens is 1. The number of aromatic nitrogens is 2. The number of aryl methyl sites for hydroxylation is 2. The van der Waals surface area contributed by atoms with Crippen molar-refractivity contribution in [1.82, 2.24) is 9.78 Å². The largest absolute Gasteiger partial charge is 0.364 e. The van der Waals surface area contributed by atoms with Gasteiger partial charge in [0, 0.05) is 6.54 Å². The first-order valence-electron chi connectivity index (χ1n) is 3.49. The molecule has 2 N–H and O–H groups in total. The molecular weight excluding hydrogens is 178 g/mol. The normalized spacial score (nSPS) is 9.17. The van der Waals surface area contributed by atoms with Gasteiger partial charge in [-0.15, -0.1) is 12.4 Å². The molecule has 12 heavy (non-hydrogen) atoms. The zero-order valence-corrected chi connectivity index (χ0v) is 7.89. The number of nitrogens with two attached hydrogens (primary N) is 1. The van der Waals surface area contributed by atoms with Crippen molar-refractivity contribution in [2.75, 3.05) is 0 Å². The fourth-order valence-electron chi connectivity index (χ4n) is 0.985. The standard InChI is InChI=1S/C7H11N3O.ClH/c1-3-10-6(7(8)11)4-5(2)9-10;/h4H,3H2,1-2H3,(H2,8,11);1H. The molecule has 5 heteroatoms. The minimum Gasteiger partial charge on any atom is -0.364 e. The summed E-state index contributed by atoms with van der Waals surface area (Å²) in [6, 6.07) is 1.69. The molecule has 0 aromatic carbocycles. The lowest BCUT2D eigenvalue weighted by atomic mass is 10.3. The van der Waals surface area contributed by atoms with Gasteiger partial charge in [0.25, 0.3) is 5.91 Å². The predicted molar refractivity (Wildman–Crippen MR) is 48.4 cm³/mol. The number of carbonyl (C=O) groups is 1. The van der Waals surface area contributed by atoms with Crippen LogP contribution in [0.1, 0.15) is 23.1 Å². The zero-order chi connectivity index (χ0) is 8.43. The van der Waals surface area contributed by atoms with E-state index >= 15 is 0 Å². The van der Waals surface area contributed by atoms with Crippen molar-refractivity contribution in [2.24, 2.45) is 5.73 Å². The third kappa shape index (κ3) is 1.98. The maximum atomic E-state index is 10.8. The maximum Gasteiger partial charge on any atom is 0.266 e. The summed E-state index contributed by atoms with van der Waals surface area (Å²) in [6.07, 6.45) is 0. The molecule has 1 rings (SSSR count). The Kier molecular flexibility index (Phi) is 3.76. The first-order valence-corrected chi connectivity index (χ1v) is 3.49. The fourth-order valence-corrected chi connectivity index (χ4v) is 0.985. The van der Waals surface area contributed by atoms with Crippen LogP contribution in [0, 0.1) is 6.92 Å². The highest BCUT2D eigenvalue weighted by atomic mass is 35.5. The molecule has 0 bridgehead atoms. The molecule has 68 valence electrons. The lowest BCUT2D eigenvalue weighted by molar-refractivity contribution is 0.0990. The fraction of sp³-hybridized carbons (Fsp3) is 0.429. The van der Waals surface area contributed by atoms with Gasteiger partial charge in [0.15, 0.2) is 0 Å². The Morgan fingerprint density at radius 2 is 2.33 bits per heavy atom. The molecule has 0 atom stereocenters. The summed E-state index contributed by atoms with van der Waals surface area (Å²) in [5.41, 5.74) is 6.40. The van der Waals surface area contributed by atoms with Crippen LogP contribution in [0.4, 0.5) is 0 Å². The van der Waals surface area contributed by atoms with E-state index in [1.165, 1.54) is 0 Å². The van der Waals surface area contributed by atoms with E-state index in [0.29, 0.717) is 12.2 Å². The van der Waals surface area contributed by atoms with Gasteiger partial charge < -0.3 is 5.73 Å². The molecule has 1 aromatic heterocycles. The third-order valence-corrected chi connectivity index (χ3v) is 1.45. The monoisotopic (exact) mass is 189 g/mol. The molecular formula is C7H12ClN3O. The van der Waals surface area contributed by atoms with Crippen molar-refractivity contribution < 1.29 is 4.79 Å². The van der Waals surface area contributed by atoms with Crippen LogP contribution < -0.4 is 5.73 Å². The summed E-state index contributed by atoms with van der Waals surface area (Å²) < 4.78 is 1.59. The van der Waals surface area contributed by atoms with Crippen LogP contribution in [-0.2, 0) is 6.54 Å². The summed E-state index contributed by atoms with van der Waals surface area (Å²) in [7, 11) is 0. The number of primary amides is 1. The van der Waals surface area contributed by atoms with E-state index in [-0.39, 0.29) is 12.4 Å². The van der Waals surface area contributed by atoms with Gasteiger partial charge in [-0.1, -0.05) is 0 Å². The SMILES string of the molecule is CCn1nc(C)cc1C(N)=O.Cl. The van der Waals surface area contributed by atoms with E-state index < -0.39 is 5.91 Å².